The highest BCUT2D eigenvalue weighted by Gasteiger charge is 2.40. The number of alkyl halides is 3. The Bertz CT molecular complexity index is 1190. The summed E-state index contributed by atoms with van der Waals surface area (Å²) in [5.74, 6) is -0.174. The summed E-state index contributed by atoms with van der Waals surface area (Å²) in [6.07, 6.45) is 1.18. The second-order valence-corrected chi connectivity index (χ2v) is 11.3. The second kappa shape index (κ2) is 11.5. The standard InChI is InChI=1S/C28H36F3N5O2.ClH/c1-17(2)24(32)27(38)34-13-10-20(11-14-34)36-25(18-7-8-18)22(15-33-36)26(37)35-12-9-19(16-35)21-5-3-4-6-23(21)28(29,30)31;/h3-6,15,17-20,24H,7-14,16,32H2,1-2H3;1H/t19-,24+;/m1./s1. The summed E-state index contributed by atoms with van der Waals surface area (Å²) < 4.78 is 42.7. The summed E-state index contributed by atoms with van der Waals surface area (Å²) in [7, 11) is 0. The number of benzene rings is 1. The first-order valence-corrected chi connectivity index (χ1v) is 13.6. The van der Waals surface area contributed by atoms with Crippen LogP contribution in [0.3, 0.4) is 0 Å². The fraction of sp³-hybridized carbons (Fsp3) is 0.607. The number of likely N-dealkylation sites (tertiary alicyclic amines) is 2. The molecule has 0 bridgehead atoms. The van der Waals surface area contributed by atoms with Crippen LogP contribution in [0.4, 0.5) is 13.2 Å². The predicted octanol–water partition coefficient (Wildman–Crippen LogP) is 4.98. The highest BCUT2D eigenvalue weighted by Crippen LogP contribution is 2.44. The molecule has 1 aromatic heterocycles. The van der Waals surface area contributed by atoms with Crippen molar-refractivity contribution in [1.82, 2.24) is 19.6 Å². The number of rotatable bonds is 6. The minimum atomic E-state index is -4.42. The maximum Gasteiger partial charge on any atom is 0.416 e. The summed E-state index contributed by atoms with van der Waals surface area (Å²) in [4.78, 5) is 29.8. The lowest BCUT2D eigenvalue weighted by atomic mass is 9.93. The van der Waals surface area contributed by atoms with Gasteiger partial charge in [-0.15, -0.1) is 12.4 Å². The lowest BCUT2D eigenvalue weighted by Crippen LogP contribution is -2.49. The Balaban J connectivity index is 0.00000353. The van der Waals surface area contributed by atoms with E-state index in [0.717, 1.165) is 37.4 Å². The lowest BCUT2D eigenvalue weighted by Gasteiger charge is -2.35. The van der Waals surface area contributed by atoms with Crippen molar-refractivity contribution < 1.29 is 22.8 Å². The molecule has 3 fully saturated rings. The molecule has 3 aliphatic rings. The zero-order valence-corrected chi connectivity index (χ0v) is 23.2. The fourth-order valence-electron chi connectivity index (χ4n) is 5.90. The number of piperidine rings is 1. The normalized spacial score (nSPS) is 21.3. The highest BCUT2D eigenvalue weighted by molar-refractivity contribution is 5.95. The number of halogens is 4. The molecule has 2 atom stereocenters. The molecule has 214 valence electrons. The van der Waals surface area contributed by atoms with Crippen LogP contribution >= 0.6 is 12.4 Å². The van der Waals surface area contributed by atoms with Gasteiger partial charge in [-0.1, -0.05) is 32.0 Å². The van der Waals surface area contributed by atoms with Gasteiger partial charge in [-0.3, -0.25) is 14.3 Å². The fourth-order valence-corrected chi connectivity index (χ4v) is 5.90. The number of hydrogen-bond donors (Lipinski definition) is 1. The third kappa shape index (κ3) is 5.96. The monoisotopic (exact) mass is 567 g/mol. The molecule has 39 heavy (non-hydrogen) atoms. The minimum Gasteiger partial charge on any atom is -0.341 e. The van der Waals surface area contributed by atoms with Gasteiger partial charge in [0.25, 0.3) is 5.91 Å². The van der Waals surface area contributed by atoms with Crippen LogP contribution in [0, 0.1) is 5.92 Å². The van der Waals surface area contributed by atoms with Crippen molar-refractivity contribution in [3.63, 3.8) is 0 Å². The number of nitrogens with two attached hydrogens (primary N) is 1. The Morgan fingerprint density at radius 1 is 0.974 bits per heavy atom. The number of nitrogens with zero attached hydrogens (tertiary/aromatic N) is 4. The van der Waals surface area contributed by atoms with Crippen molar-refractivity contribution in [1.29, 1.82) is 0 Å². The molecule has 0 radical (unpaired) electrons. The van der Waals surface area contributed by atoms with Crippen LogP contribution in [0.2, 0.25) is 0 Å². The van der Waals surface area contributed by atoms with Crippen LogP contribution in [0.5, 0.6) is 0 Å². The summed E-state index contributed by atoms with van der Waals surface area (Å²) in [5.41, 5.74) is 7.22. The van der Waals surface area contributed by atoms with E-state index in [9.17, 15) is 22.8 Å². The third-order valence-electron chi connectivity index (χ3n) is 8.34. The first-order valence-electron chi connectivity index (χ1n) is 13.6. The first-order chi connectivity index (χ1) is 18.1. The molecular formula is C28H37ClF3N5O2. The molecule has 2 N–H and O–H groups in total. The molecular weight excluding hydrogens is 531 g/mol. The molecule has 7 nitrogen and oxygen atoms in total. The van der Waals surface area contributed by atoms with E-state index in [-0.39, 0.29) is 60.1 Å². The van der Waals surface area contributed by atoms with E-state index in [4.69, 9.17) is 5.73 Å². The largest absolute Gasteiger partial charge is 0.416 e. The zero-order valence-electron chi connectivity index (χ0n) is 22.4. The van der Waals surface area contributed by atoms with Crippen LogP contribution in [0.15, 0.2) is 30.5 Å². The summed E-state index contributed by atoms with van der Waals surface area (Å²) in [6, 6.07) is 5.26. The van der Waals surface area contributed by atoms with Gasteiger partial charge in [-0.05, 0) is 49.7 Å². The molecule has 2 saturated heterocycles. The van der Waals surface area contributed by atoms with Gasteiger partial charge in [0, 0.05) is 38.0 Å². The van der Waals surface area contributed by atoms with E-state index in [1.54, 1.807) is 17.2 Å². The van der Waals surface area contributed by atoms with E-state index in [0.29, 0.717) is 31.6 Å². The lowest BCUT2D eigenvalue weighted by molar-refractivity contribution is -0.138. The number of hydrogen-bond acceptors (Lipinski definition) is 4. The Morgan fingerprint density at radius 2 is 1.62 bits per heavy atom. The van der Waals surface area contributed by atoms with Gasteiger partial charge in [0.1, 0.15) is 0 Å². The summed E-state index contributed by atoms with van der Waals surface area (Å²) >= 11 is 0. The third-order valence-corrected chi connectivity index (χ3v) is 8.34. The molecule has 0 spiro atoms. The van der Waals surface area contributed by atoms with Gasteiger partial charge >= 0.3 is 6.18 Å². The van der Waals surface area contributed by atoms with Crippen LogP contribution in [-0.4, -0.2) is 63.6 Å². The first kappa shape index (κ1) is 29.4. The summed E-state index contributed by atoms with van der Waals surface area (Å²) in [6.45, 7) is 5.76. The average Bonchev–Trinajstić information content (AvgIpc) is 3.44. The number of amides is 2. The molecule has 1 aromatic carbocycles. The Labute approximate surface area is 233 Å². The Morgan fingerprint density at radius 3 is 2.23 bits per heavy atom. The summed E-state index contributed by atoms with van der Waals surface area (Å²) in [5, 5.41) is 4.64. The van der Waals surface area contributed by atoms with Crippen molar-refractivity contribution in [2.75, 3.05) is 26.2 Å². The zero-order chi connectivity index (χ0) is 27.2. The van der Waals surface area contributed by atoms with Gasteiger partial charge in [0.05, 0.1) is 35.1 Å². The van der Waals surface area contributed by atoms with Gasteiger partial charge in [-0.25, -0.2) is 0 Å². The van der Waals surface area contributed by atoms with Gasteiger partial charge < -0.3 is 15.5 Å². The van der Waals surface area contributed by atoms with Crippen molar-refractivity contribution in [2.45, 2.75) is 76.0 Å². The molecule has 3 heterocycles. The molecule has 2 aliphatic heterocycles. The quantitative estimate of drug-likeness (QED) is 0.534. The van der Waals surface area contributed by atoms with E-state index in [2.05, 4.69) is 5.10 Å². The second-order valence-electron chi connectivity index (χ2n) is 11.3. The molecule has 11 heteroatoms. The predicted molar refractivity (Wildman–Crippen MR) is 144 cm³/mol. The van der Waals surface area contributed by atoms with Gasteiger partial charge in [-0.2, -0.15) is 18.3 Å². The van der Waals surface area contributed by atoms with Gasteiger partial charge in [0.15, 0.2) is 0 Å². The van der Waals surface area contributed by atoms with Crippen molar-refractivity contribution >= 4 is 24.2 Å². The van der Waals surface area contributed by atoms with E-state index in [1.807, 2.05) is 23.4 Å². The van der Waals surface area contributed by atoms with E-state index in [1.165, 1.54) is 12.1 Å². The van der Waals surface area contributed by atoms with Crippen molar-refractivity contribution in [3.8, 4) is 0 Å². The van der Waals surface area contributed by atoms with Crippen LogP contribution in [0.25, 0.3) is 0 Å². The molecule has 2 aromatic rings. The maximum atomic E-state index is 13.6. The smallest absolute Gasteiger partial charge is 0.341 e. The van der Waals surface area contributed by atoms with E-state index < -0.39 is 17.8 Å². The molecule has 5 rings (SSSR count). The molecule has 0 unspecified atom stereocenters. The number of carbonyl (C=O) groups excluding carboxylic acids is 2. The molecule has 2 amide bonds. The van der Waals surface area contributed by atoms with Crippen LogP contribution in [-0.2, 0) is 11.0 Å². The topological polar surface area (TPSA) is 84.5 Å². The maximum absolute atomic E-state index is 13.6. The Kier molecular flexibility index (Phi) is 8.66. The molecule has 1 aliphatic carbocycles. The highest BCUT2D eigenvalue weighted by atomic mass is 35.5. The van der Waals surface area contributed by atoms with Crippen molar-refractivity contribution in [2.24, 2.45) is 11.7 Å². The van der Waals surface area contributed by atoms with Crippen LogP contribution in [0.1, 0.15) is 91.0 Å². The molecule has 1 saturated carbocycles. The number of aromatic nitrogens is 2. The SMILES string of the molecule is CC(C)[C@H](N)C(=O)N1CCC(n2ncc(C(=O)N3CC[C@@H](c4ccccc4C(F)(F)F)C3)c2C2CC2)CC1.Cl. The van der Waals surface area contributed by atoms with Crippen LogP contribution < -0.4 is 5.73 Å². The number of carbonyl (C=O) groups is 2. The van der Waals surface area contributed by atoms with Gasteiger partial charge in [0.2, 0.25) is 5.91 Å². The van der Waals surface area contributed by atoms with E-state index >= 15 is 0 Å². The average molecular weight is 568 g/mol. The van der Waals surface area contributed by atoms with Crippen molar-refractivity contribution in [3.05, 3.63) is 52.8 Å². The Hall–Kier alpha value is -2.59. The minimum absolute atomic E-state index is 0.